The van der Waals surface area contributed by atoms with E-state index >= 15 is 0 Å². The maximum absolute atomic E-state index is 12.8. The van der Waals surface area contributed by atoms with E-state index in [0.29, 0.717) is 17.1 Å². The van der Waals surface area contributed by atoms with Gasteiger partial charge in [0, 0.05) is 6.20 Å². The summed E-state index contributed by atoms with van der Waals surface area (Å²) < 4.78 is 11.8. The molecule has 0 aliphatic heterocycles. The van der Waals surface area contributed by atoms with Crippen LogP contribution >= 0.6 is 0 Å². The molecule has 4 aromatic rings. The minimum absolute atomic E-state index is 0.123. The molecular weight excluding hydrogens is 412 g/mol. The Hall–Kier alpha value is -4.40. The minimum Gasteiger partial charge on any atom is -0.497 e. The average Bonchev–Trinajstić information content (AvgIpc) is 2.82. The summed E-state index contributed by atoms with van der Waals surface area (Å²) in [5.41, 5.74) is 0.423. The number of benzene rings is 2. The molecule has 0 amide bonds. The number of nitro groups is 1. The van der Waals surface area contributed by atoms with Crippen molar-refractivity contribution in [1.29, 1.82) is 0 Å². The third kappa shape index (κ3) is 3.95. The van der Waals surface area contributed by atoms with Crippen LogP contribution in [0, 0.1) is 10.1 Å². The summed E-state index contributed by atoms with van der Waals surface area (Å²) in [4.78, 5) is 28.3. The second-order valence-electron chi connectivity index (χ2n) is 6.93. The number of fused-ring (bicyclic) bond motifs is 1. The smallest absolute Gasteiger partial charge is 0.376 e. The fourth-order valence-corrected chi connectivity index (χ4v) is 3.48. The second kappa shape index (κ2) is 8.76. The van der Waals surface area contributed by atoms with E-state index in [1.807, 2.05) is 36.4 Å². The molecule has 2 aromatic heterocycles. The van der Waals surface area contributed by atoms with Gasteiger partial charge in [0.2, 0.25) is 5.82 Å². The molecular formula is C23H20N4O5. The van der Waals surface area contributed by atoms with Crippen LogP contribution in [0.2, 0.25) is 0 Å². The summed E-state index contributed by atoms with van der Waals surface area (Å²) >= 11 is 0. The molecule has 9 heteroatoms. The molecule has 9 nitrogen and oxygen atoms in total. The van der Waals surface area contributed by atoms with Gasteiger partial charge in [-0.1, -0.05) is 30.3 Å². The van der Waals surface area contributed by atoms with Crippen LogP contribution in [0.1, 0.15) is 17.2 Å². The molecule has 0 fully saturated rings. The molecule has 0 spiro atoms. The lowest BCUT2D eigenvalue weighted by atomic mass is 9.98. The number of nitrogens with one attached hydrogen (secondary N) is 1. The zero-order valence-electron chi connectivity index (χ0n) is 17.4. The van der Waals surface area contributed by atoms with E-state index in [9.17, 15) is 14.9 Å². The van der Waals surface area contributed by atoms with Gasteiger partial charge in [-0.2, -0.15) is 0 Å². The van der Waals surface area contributed by atoms with Gasteiger partial charge >= 0.3 is 11.2 Å². The van der Waals surface area contributed by atoms with Gasteiger partial charge in [-0.3, -0.25) is 19.3 Å². The summed E-state index contributed by atoms with van der Waals surface area (Å²) in [5.74, 6) is 1.12. The lowest BCUT2D eigenvalue weighted by Gasteiger charge is -2.21. The maximum Gasteiger partial charge on any atom is 0.376 e. The molecule has 0 saturated carbocycles. The van der Waals surface area contributed by atoms with Gasteiger partial charge in [0.15, 0.2) is 0 Å². The first-order valence-corrected chi connectivity index (χ1v) is 9.72. The number of hydrogen-bond donors (Lipinski definition) is 1. The summed E-state index contributed by atoms with van der Waals surface area (Å²) in [5, 5.41) is 14.9. The Balaban J connectivity index is 1.91. The third-order valence-corrected chi connectivity index (χ3v) is 5.03. The van der Waals surface area contributed by atoms with Gasteiger partial charge in [-0.15, -0.1) is 0 Å². The van der Waals surface area contributed by atoms with Crippen molar-refractivity contribution in [3.63, 3.8) is 0 Å². The first-order chi connectivity index (χ1) is 15.5. The Morgan fingerprint density at radius 2 is 1.59 bits per heavy atom. The zero-order chi connectivity index (χ0) is 22.7. The van der Waals surface area contributed by atoms with Crippen LogP contribution in [0.4, 0.5) is 11.5 Å². The van der Waals surface area contributed by atoms with Crippen molar-refractivity contribution in [2.75, 3.05) is 19.5 Å². The quantitative estimate of drug-likeness (QED) is 0.349. The Kier molecular flexibility index (Phi) is 5.71. The number of hydrogen-bond acceptors (Lipinski definition) is 7. The molecule has 32 heavy (non-hydrogen) atoms. The van der Waals surface area contributed by atoms with Crippen LogP contribution in [-0.4, -0.2) is 28.5 Å². The number of nitrogens with zero attached hydrogens (tertiary/aromatic N) is 3. The average molecular weight is 432 g/mol. The lowest BCUT2D eigenvalue weighted by Crippen LogP contribution is -2.23. The van der Waals surface area contributed by atoms with E-state index in [0.717, 1.165) is 15.5 Å². The van der Waals surface area contributed by atoms with E-state index in [4.69, 9.17) is 9.47 Å². The van der Waals surface area contributed by atoms with Crippen molar-refractivity contribution in [3.05, 3.63) is 105 Å². The minimum atomic E-state index is -0.766. The molecule has 162 valence electrons. The molecule has 1 N–H and O–H groups in total. The second-order valence-corrected chi connectivity index (χ2v) is 6.93. The highest BCUT2D eigenvalue weighted by molar-refractivity contribution is 5.62. The fraction of sp³-hybridized carbons (Fsp3) is 0.130. The Bertz CT molecular complexity index is 1300. The van der Waals surface area contributed by atoms with Crippen LogP contribution in [-0.2, 0) is 0 Å². The number of anilines is 1. The number of pyridine rings is 1. The summed E-state index contributed by atoms with van der Waals surface area (Å²) in [6.07, 6.45) is 1.45. The summed E-state index contributed by atoms with van der Waals surface area (Å²) in [6, 6.07) is 19.0. The monoisotopic (exact) mass is 432 g/mol. The Morgan fingerprint density at radius 3 is 2.16 bits per heavy atom. The number of ether oxygens (including phenoxy) is 2. The topological polar surface area (TPSA) is 108 Å². The number of rotatable bonds is 7. The van der Waals surface area contributed by atoms with E-state index in [-0.39, 0.29) is 5.82 Å². The van der Waals surface area contributed by atoms with Crippen molar-refractivity contribution in [2.24, 2.45) is 0 Å². The molecule has 2 heterocycles. The molecule has 2 aromatic carbocycles. The predicted octanol–water partition coefficient (Wildman–Crippen LogP) is 3.82. The molecule has 0 radical (unpaired) electrons. The van der Waals surface area contributed by atoms with E-state index < -0.39 is 22.2 Å². The third-order valence-electron chi connectivity index (χ3n) is 5.03. The normalized spacial score (nSPS) is 10.8. The van der Waals surface area contributed by atoms with Crippen LogP contribution in [0.25, 0.3) is 5.65 Å². The van der Waals surface area contributed by atoms with Crippen LogP contribution < -0.4 is 20.3 Å². The molecule has 0 aliphatic rings. The predicted molar refractivity (Wildman–Crippen MR) is 120 cm³/mol. The zero-order valence-corrected chi connectivity index (χ0v) is 17.4. The molecule has 0 atom stereocenters. The van der Waals surface area contributed by atoms with Crippen LogP contribution in [0.15, 0.2) is 77.7 Å². The summed E-state index contributed by atoms with van der Waals surface area (Å²) in [6.45, 7) is 0. The SMILES string of the molecule is COc1cccc(C(Nc2nc3ccccn3c(=O)c2[N+](=O)[O-])c2cccc(OC)c2)c1. The first-order valence-electron chi connectivity index (χ1n) is 9.72. The van der Waals surface area contributed by atoms with Crippen molar-refractivity contribution in [3.8, 4) is 11.5 Å². The van der Waals surface area contributed by atoms with E-state index in [1.165, 1.54) is 6.20 Å². The number of methoxy groups -OCH3 is 2. The molecule has 0 aliphatic carbocycles. The molecule has 0 saturated heterocycles. The van der Waals surface area contributed by atoms with Crippen LogP contribution in [0.5, 0.6) is 11.5 Å². The van der Waals surface area contributed by atoms with Gasteiger partial charge in [0.05, 0.1) is 25.2 Å². The van der Waals surface area contributed by atoms with Crippen molar-refractivity contribution in [2.45, 2.75) is 6.04 Å². The van der Waals surface area contributed by atoms with Crippen LogP contribution in [0.3, 0.4) is 0 Å². The summed E-state index contributed by atoms with van der Waals surface area (Å²) in [7, 11) is 3.12. The number of aromatic nitrogens is 2. The Morgan fingerprint density at radius 1 is 0.969 bits per heavy atom. The van der Waals surface area contributed by atoms with E-state index in [1.54, 1.807) is 44.6 Å². The van der Waals surface area contributed by atoms with Gasteiger partial charge in [-0.05, 0) is 47.5 Å². The highest BCUT2D eigenvalue weighted by atomic mass is 16.6. The molecule has 0 unspecified atom stereocenters. The van der Waals surface area contributed by atoms with E-state index in [2.05, 4.69) is 10.3 Å². The highest BCUT2D eigenvalue weighted by Crippen LogP contribution is 2.32. The van der Waals surface area contributed by atoms with Gasteiger partial charge in [0.25, 0.3) is 0 Å². The molecule has 0 bridgehead atoms. The lowest BCUT2D eigenvalue weighted by molar-refractivity contribution is -0.385. The van der Waals surface area contributed by atoms with Crippen molar-refractivity contribution < 1.29 is 14.4 Å². The van der Waals surface area contributed by atoms with Gasteiger partial charge in [0.1, 0.15) is 17.1 Å². The van der Waals surface area contributed by atoms with Gasteiger partial charge in [-0.25, -0.2) is 4.98 Å². The highest BCUT2D eigenvalue weighted by Gasteiger charge is 2.27. The van der Waals surface area contributed by atoms with Crippen molar-refractivity contribution >= 4 is 17.2 Å². The Labute approximate surface area is 183 Å². The van der Waals surface area contributed by atoms with Gasteiger partial charge < -0.3 is 14.8 Å². The largest absolute Gasteiger partial charge is 0.497 e. The molecule has 4 rings (SSSR count). The fourth-order valence-electron chi connectivity index (χ4n) is 3.48. The first kappa shape index (κ1) is 20.9. The maximum atomic E-state index is 12.8. The van der Waals surface area contributed by atoms with Crippen molar-refractivity contribution in [1.82, 2.24) is 9.38 Å². The standard InChI is InChI=1S/C23H20N4O5/c1-31-17-9-5-7-15(13-17)20(16-8-6-10-18(14-16)32-2)25-22-21(27(29)30)23(28)26-12-4-3-11-19(26)24-22/h3-14,20,25H,1-2H3.